The lowest BCUT2D eigenvalue weighted by molar-refractivity contribution is -0.0257. The minimum Gasteiger partial charge on any atom is -0.389 e. The van der Waals surface area contributed by atoms with E-state index >= 15 is 0 Å². The smallest absolute Gasteiger partial charge is 0.0898 e. The van der Waals surface area contributed by atoms with Crippen LogP contribution in [0.25, 0.3) is 0 Å². The van der Waals surface area contributed by atoms with Gasteiger partial charge in [-0.2, -0.15) is 0 Å². The lowest BCUT2D eigenvalue weighted by atomic mass is 9.98. The molecule has 18 heavy (non-hydrogen) atoms. The average molecular weight is 259 g/mol. The van der Waals surface area contributed by atoms with Crippen molar-refractivity contribution in [1.82, 2.24) is 5.32 Å². The summed E-state index contributed by atoms with van der Waals surface area (Å²) in [6.45, 7) is 5.73. The largest absolute Gasteiger partial charge is 0.389 e. The third kappa shape index (κ3) is 6.69. The van der Waals surface area contributed by atoms with Crippen molar-refractivity contribution in [2.75, 3.05) is 26.9 Å². The molecule has 1 unspecified atom stereocenters. The number of hydrogen-bond donors (Lipinski definition) is 2. The average Bonchev–Trinajstić information content (AvgIpc) is 2.35. The SMILES string of the molecule is COCC(C)(C)NCC(O)COC1CCCCC1. The molecule has 0 aliphatic heterocycles. The molecule has 0 aromatic rings. The molecule has 0 heterocycles. The van der Waals surface area contributed by atoms with E-state index in [1.807, 2.05) is 0 Å². The second-order valence-corrected chi connectivity index (χ2v) is 5.94. The van der Waals surface area contributed by atoms with Gasteiger partial charge in [-0.15, -0.1) is 0 Å². The zero-order chi connectivity index (χ0) is 13.4. The van der Waals surface area contributed by atoms with E-state index in [-0.39, 0.29) is 5.54 Å². The number of nitrogens with one attached hydrogen (secondary N) is 1. The number of hydrogen-bond acceptors (Lipinski definition) is 4. The first-order chi connectivity index (χ1) is 8.53. The molecule has 0 spiro atoms. The van der Waals surface area contributed by atoms with Crippen LogP contribution in [0.5, 0.6) is 0 Å². The van der Waals surface area contributed by atoms with Crippen molar-refractivity contribution >= 4 is 0 Å². The van der Waals surface area contributed by atoms with Gasteiger partial charge in [-0.3, -0.25) is 0 Å². The third-order valence-electron chi connectivity index (χ3n) is 3.40. The van der Waals surface area contributed by atoms with Gasteiger partial charge in [-0.25, -0.2) is 0 Å². The minimum absolute atomic E-state index is 0.111. The highest BCUT2D eigenvalue weighted by Gasteiger charge is 2.19. The van der Waals surface area contributed by atoms with E-state index in [4.69, 9.17) is 9.47 Å². The van der Waals surface area contributed by atoms with Gasteiger partial charge in [-0.1, -0.05) is 19.3 Å². The minimum atomic E-state index is -0.442. The highest BCUT2D eigenvalue weighted by atomic mass is 16.5. The summed E-state index contributed by atoms with van der Waals surface area (Å²) in [6, 6.07) is 0. The maximum atomic E-state index is 9.88. The molecule has 1 atom stereocenters. The molecule has 0 saturated heterocycles. The number of ether oxygens (including phenoxy) is 2. The van der Waals surface area contributed by atoms with Crippen LogP contribution in [0.3, 0.4) is 0 Å². The quantitative estimate of drug-likeness (QED) is 0.697. The zero-order valence-electron chi connectivity index (χ0n) is 12.1. The summed E-state index contributed by atoms with van der Waals surface area (Å²) in [5, 5.41) is 13.2. The molecule has 2 N–H and O–H groups in total. The molecule has 1 aliphatic carbocycles. The Morgan fingerprint density at radius 2 is 1.94 bits per heavy atom. The highest BCUT2D eigenvalue weighted by molar-refractivity contribution is 4.78. The standard InChI is InChI=1S/C14H29NO3/c1-14(2,11-17-3)15-9-12(16)10-18-13-7-5-4-6-8-13/h12-13,15-16H,4-11H2,1-3H3. The normalized spacial score (nSPS) is 20.0. The molecule has 108 valence electrons. The number of methoxy groups -OCH3 is 1. The topological polar surface area (TPSA) is 50.7 Å². The maximum Gasteiger partial charge on any atom is 0.0898 e. The summed E-state index contributed by atoms with van der Waals surface area (Å²) in [5.41, 5.74) is -0.111. The van der Waals surface area contributed by atoms with Gasteiger partial charge in [0.05, 0.1) is 25.4 Å². The van der Waals surface area contributed by atoms with Crippen LogP contribution in [0.15, 0.2) is 0 Å². The molecule has 0 bridgehead atoms. The van der Waals surface area contributed by atoms with Gasteiger partial charge in [0.25, 0.3) is 0 Å². The number of aliphatic hydroxyl groups excluding tert-OH is 1. The van der Waals surface area contributed by atoms with Crippen LogP contribution in [0, 0.1) is 0 Å². The Morgan fingerprint density at radius 1 is 1.28 bits per heavy atom. The van der Waals surface area contributed by atoms with Crippen molar-refractivity contribution in [3.8, 4) is 0 Å². The van der Waals surface area contributed by atoms with Crippen LogP contribution in [0.4, 0.5) is 0 Å². The second kappa shape index (κ2) is 8.10. The van der Waals surface area contributed by atoms with Gasteiger partial charge in [0.2, 0.25) is 0 Å². The summed E-state index contributed by atoms with van der Waals surface area (Å²) < 4.78 is 10.9. The maximum absolute atomic E-state index is 9.88. The van der Waals surface area contributed by atoms with Crippen LogP contribution in [0.2, 0.25) is 0 Å². The Balaban J connectivity index is 2.11. The van der Waals surface area contributed by atoms with Crippen LogP contribution >= 0.6 is 0 Å². The molecule has 4 nitrogen and oxygen atoms in total. The zero-order valence-corrected chi connectivity index (χ0v) is 12.1. The van der Waals surface area contributed by atoms with E-state index < -0.39 is 6.10 Å². The molecule has 0 aromatic carbocycles. The second-order valence-electron chi connectivity index (χ2n) is 5.94. The van der Waals surface area contributed by atoms with E-state index in [1.54, 1.807) is 7.11 Å². The van der Waals surface area contributed by atoms with Crippen molar-refractivity contribution < 1.29 is 14.6 Å². The summed E-state index contributed by atoms with van der Waals surface area (Å²) in [6.07, 6.45) is 6.07. The molecule has 1 saturated carbocycles. The Morgan fingerprint density at radius 3 is 2.56 bits per heavy atom. The Bertz CT molecular complexity index is 215. The molecule has 4 heteroatoms. The molecular weight excluding hydrogens is 230 g/mol. The predicted molar refractivity (Wildman–Crippen MR) is 72.8 cm³/mol. The van der Waals surface area contributed by atoms with Crippen molar-refractivity contribution in [1.29, 1.82) is 0 Å². The number of β-amino-alcohol motifs (C(OH)–C–C–N with tert-alkyl or cyclic N) is 1. The van der Waals surface area contributed by atoms with Crippen molar-refractivity contribution in [3.63, 3.8) is 0 Å². The summed E-state index contributed by atoms with van der Waals surface area (Å²) in [7, 11) is 1.69. The predicted octanol–water partition coefficient (Wildman–Crippen LogP) is 1.71. The molecule has 1 fully saturated rings. The molecule has 0 aromatic heterocycles. The summed E-state index contributed by atoms with van der Waals surface area (Å²) >= 11 is 0. The highest BCUT2D eigenvalue weighted by Crippen LogP contribution is 2.20. The molecular formula is C14H29NO3. The van der Waals surface area contributed by atoms with E-state index in [2.05, 4.69) is 19.2 Å². The van der Waals surface area contributed by atoms with Crippen molar-refractivity contribution in [2.24, 2.45) is 0 Å². The van der Waals surface area contributed by atoms with Crippen LogP contribution in [-0.2, 0) is 9.47 Å². The fourth-order valence-corrected chi connectivity index (χ4v) is 2.34. The Labute approximate surface area is 111 Å². The summed E-state index contributed by atoms with van der Waals surface area (Å²) in [5.74, 6) is 0. The van der Waals surface area contributed by atoms with E-state index in [0.29, 0.717) is 25.9 Å². The first-order valence-electron chi connectivity index (χ1n) is 7.07. The van der Waals surface area contributed by atoms with E-state index in [0.717, 1.165) is 12.8 Å². The third-order valence-corrected chi connectivity index (χ3v) is 3.40. The van der Waals surface area contributed by atoms with Gasteiger partial charge in [0, 0.05) is 19.2 Å². The fourth-order valence-electron chi connectivity index (χ4n) is 2.34. The molecule has 1 rings (SSSR count). The monoisotopic (exact) mass is 259 g/mol. The molecule has 0 amide bonds. The van der Waals surface area contributed by atoms with Crippen LogP contribution < -0.4 is 5.32 Å². The summed E-state index contributed by atoms with van der Waals surface area (Å²) in [4.78, 5) is 0. The number of aliphatic hydroxyl groups is 1. The number of rotatable bonds is 8. The van der Waals surface area contributed by atoms with Gasteiger partial charge >= 0.3 is 0 Å². The van der Waals surface area contributed by atoms with E-state index in [1.165, 1.54) is 19.3 Å². The molecule has 0 radical (unpaired) electrons. The van der Waals surface area contributed by atoms with Gasteiger partial charge in [0.15, 0.2) is 0 Å². The first kappa shape index (κ1) is 15.9. The Kier molecular flexibility index (Phi) is 7.15. The molecule has 1 aliphatic rings. The fraction of sp³-hybridized carbons (Fsp3) is 1.00. The lowest BCUT2D eigenvalue weighted by Gasteiger charge is -2.28. The lowest BCUT2D eigenvalue weighted by Crippen LogP contribution is -2.47. The van der Waals surface area contributed by atoms with Gasteiger partial charge in [0.1, 0.15) is 0 Å². The van der Waals surface area contributed by atoms with E-state index in [9.17, 15) is 5.11 Å². The Hall–Kier alpha value is -0.160. The van der Waals surface area contributed by atoms with Crippen molar-refractivity contribution in [2.45, 2.75) is 63.7 Å². The van der Waals surface area contributed by atoms with Gasteiger partial charge in [-0.05, 0) is 26.7 Å². The van der Waals surface area contributed by atoms with Gasteiger partial charge < -0.3 is 19.9 Å². The van der Waals surface area contributed by atoms with Crippen LogP contribution in [-0.4, -0.2) is 49.7 Å². The van der Waals surface area contributed by atoms with Crippen molar-refractivity contribution in [3.05, 3.63) is 0 Å². The first-order valence-corrected chi connectivity index (χ1v) is 7.07. The van der Waals surface area contributed by atoms with Crippen LogP contribution in [0.1, 0.15) is 46.0 Å².